The minimum absolute atomic E-state index is 0.0464. The van der Waals surface area contributed by atoms with Gasteiger partial charge in [-0.25, -0.2) is 18.4 Å². The zero-order valence-corrected chi connectivity index (χ0v) is 19.5. The van der Waals surface area contributed by atoms with Crippen molar-refractivity contribution in [3.05, 3.63) is 71.5 Å². The summed E-state index contributed by atoms with van der Waals surface area (Å²) in [4.78, 5) is 21.3. The van der Waals surface area contributed by atoms with Crippen LogP contribution in [0, 0.1) is 0 Å². The zero-order valence-electron chi connectivity index (χ0n) is 17.1. The maximum atomic E-state index is 13.1. The Kier molecular flexibility index (Phi) is 7.10. The number of anilines is 1. The molecule has 0 unspecified atom stereocenters. The van der Waals surface area contributed by atoms with Gasteiger partial charge in [-0.3, -0.25) is 4.79 Å². The minimum atomic E-state index is -3.76. The van der Waals surface area contributed by atoms with E-state index in [4.69, 9.17) is 11.6 Å². The molecule has 0 radical (unpaired) electrons. The van der Waals surface area contributed by atoms with E-state index in [2.05, 4.69) is 15.3 Å². The van der Waals surface area contributed by atoms with Gasteiger partial charge in [-0.15, -0.1) is 0 Å². The lowest BCUT2D eigenvalue weighted by Gasteiger charge is -2.26. The SMILES string of the molecule is O=C(Nc1ccnc(Sc2ccccn2)c1)c1ccc(Cl)c(S(=O)(=O)N2CCCCC2)c1. The van der Waals surface area contributed by atoms with Crippen LogP contribution >= 0.6 is 23.4 Å². The van der Waals surface area contributed by atoms with E-state index in [1.54, 1.807) is 24.5 Å². The highest BCUT2D eigenvalue weighted by Gasteiger charge is 2.28. The predicted molar refractivity (Wildman–Crippen MR) is 125 cm³/mol. The summed E-state index contributed by atoms with van der Waals surface area (Å²) in [6.45, 7) is 0.922. The highest BCUT2D eigenvalue weighted by atomic mass is 35.5. The molecule has 1 aliphatic heterocycles. The molecule has 0 saturated carbocycles. The van der Waals surface area contributed by atoms with E-state index in [0.29, 0.717) is 23.8 Å². The van der Waals surface area contributed by atoms with Gasteiger partial charge in [0, 0.05) is 36.7 Å². The molecule has 0 bridgehead atoms. The summed E-state index contributed by atoms with van der Waals surface area (Å²) >= 11 is 7.58. The van der Waals surface area contributed by atoms with Gasteiger partial charge in [0.25, 0.3) is 5.91 Å². The molecule has 166 valence electrons. The molecule has 3 heterocycles. The number of benzene rings is 1. The summed E-state index contributed by atoms with van der Waals surface area (Å²) in [6.07, 6.45) is 5.93. The Morgan fingerprint density at radius 1 is 0.969 bits per heavy atom. The number of halogens is 1. The van der Waals surface area contributed by atoms with Crippen molar-refractivity contribution >= 4 is 45.0 Å². The number of hydrogen-bond donors (Lipinski definition) is 1. The van der Waals surface area contributed by atoms with Gasteiger partial charge in [0.2, 0.25) is 10.0 Å². The fourth-order valence-electron chi connectivity index (χ4n) is 3.35. The van der Waals surface area contributed by atoms with Crippen LogP contribution in [0.15, 0.2) is 75.9 Å². The molecule has 4 rings (SSSR count). The number of carbonyl (C=O) groups is 1. The van der Waals surface area contributed by atoms with Gasteiger partial charge in [0.1, 0.15) is 14.9 Å². The molecular formula is C22H21ClN4O3S2. The van der Waals surface area contributed by atoms with Crippen LogP contribution in [0.2, 0.25) is 5.02 Å². The zero-order chi connectivity index (χ0) is 22.6. The Morgan fingerprint density at radius 2 is 1.75 bits per heavy atom. The van der Waals surface area contributed by atoms with Crippen LogP contribution in [0.1, 0.15) is 29.6 Å². The fraction of sp³-hybridized carbons (Fsp3) is 0.227. The lowest BCUT2D eigenvalue weighted by Crippen LogP contribution is -2.35. The second kappa shape index (κ2) is 9.99. The Balaban J connectivity index is 1.53. The minimum Gasteiger partial charge on any atom is -0.322 e. The topological polar surface area (TPSA) is 92.3 Å². The van der Waals surface area contributed by atoms with Crippen LogP contribution < -0.4 is 5.32 Å². The number of amides is 1. The number of sulfonamides is 1. The third kappa shape index (κ3) is 5.29. The number of nitrogens with one attached hydrogen (secondary N) is 1. The van der Waals surface area contributed by atoms with Gasteiger partial charge >= 0.3 is 0 Å². The van der Waals surface area contributed by atoms with E-state index in [-0.39, 0.29) is 15.5 Å². The predicted octanol–water partition coefficient (Wildman–Crippen LogP) is 4.71. The highest BCUT2D eigenvalue weighted by Crippen LogP contribution is 2.29. The van der Waals surface area contributed by atoms with E-state index in [1.807, 2.05) is 18.2 Å². The van der Waals surface area contributed by atoms with E-state index in [9.17, 15) is 13.2 Å². The molecule has 1 amide bonds. The fourth-order valence-corrected chi connectivity index (χ4v) is 6.14. The summed E-state index contributed by atoms with van der Waals surface area (Å²) < 4.78 is 27.5. The summed E-state index contributed by atoms with van der Waals surface area (Å²) in [7, 11) is -3.76. The lowest BCUT2D eigenvalue weighted by atomic mass is 10.2. The summed E-state index contributed by atoms with van der Waals surface area (Å²) in [5.41, 5.74) is 0.750. The van der Waals surface area contributed by atoms with Crippen LogP contribution in [0.5, 0.6) is 0 Å². The molecule has 3 aromatic rings. The Labute approximate surface area is 196 Å². The Hall–Kier alpha value is -2.46. The van der Waals surface area contributed by atoms with Crippen molar-refractivity contribution in [1.82, 2.24) is 14.3 Å². The van der Waals surface area contributed by atoms with Crippen molar-refractivity contribution in [1.29, 1.82) is 0 Å². The first-order valence-electron chi connectivity index (χ1n) is 10.1. The van der Waals surface area contributed by atoms with Gasteiger partial charge in [0.05, 0.1) is 5.02 Å². The number of nitrogens with zero attached hydrogens (tertiary/aromatic N) is 3. The Morgan fingerprint density at radius 3 is 2.50 bits per heavy atom. The molecule has 1 aromatic carbocycles. The van der Waals surface area contributed by atoms with Crippen molar-refractivity contribution < 1.29 is 13.2 Å². The molecule has 1 N–H and O–H groups in total. The van der Waals surface area contributed by atoms with Crippen molar-refractivity contribution in [3.63, 3.8) is 0 Å². The normalized spacial score (nSPS) is 14.8. The van der Waals surface area contributed by atoms with Crippen LogP contribution in [-0.4, -0.2) is 41.7 Å². The van der Waals surface area contributed by atoms with Gasteiger partial charge in [-0.2, -0.15) is 4.31 Å². The molecule has 0 aliphatic carbocycles. The first-order valence-corrected chi connectivity index (χ1v) is 12.7. The molecule has 32 heavy (non-hydrogen) atoms. The number of pyridine rings is 2. The number of aromatic nitrogens is 2. The Bertz CT molecular complexity index is 1220. The largest absolute Gasteiger partial charge is 0.322 e. The molecule has 1 saturated heterocycles. The second-order valence-corrected chi connectivity index (χ2v) is 10.6. The first-order chi connectivity index (χ1) is 15.4. The summed E-state index contributed by atoms with van der Waals surface area (Å²) in [5.74, 6) is -0.434. The monoisotopic (exact) mass is 488 g/mol. The smallest absolute Gasteiger partial charge is 0.255 e. The molecule has 1 fully saturated rings. The second-order valence-electron chi connectivity index (χ2n) is 7.22. The van der Waals surface area contributed by atoms with E-state index in [0.717, 1.165) is 24.3 Å². The summed E-state index contributed by atoms with van der Waals surface area (Å²) in [6, 6.07) is 13.3. The van der Waals surface area contributed by atoms with Crippen molar-refractivity contribution in [2.24, 2.45) is 0 Å². The lowest BCUT2D eigenvalue weighted by molar-refractivity contribution is 0.102. The number of carbonyl (C=O) groups excluding carboxylic acids is 1. The first kappa shape index (κ1) is 22.7. The molecule has 2 aromatic heterocycles. The van der Waals surface area contributed by atoms with Crippen molar-refractivity contribution in [3.8, 4) is 0 Å². The average Bonchev–Trinajstić information content (AvgIpc) is 2.80. The van der Waals surface area contributed by atoms with Gasteiger partial charge in [-0.1, -0.05) is 35.9 Å². The van der Waals surface area contributed by atoms with Crippen molar-refractivity contribution in [2.45, 2.75) is 34.2 Å². The molecular weight excluding hydrogens is 468 g/mol. The average molecular weight is 489 g/mol. The van der Waals surface area contributed by atoms with Crippen LogP contribution in [0.25, 0.3) is 0 Å². The van der Waals surface area contributed by atoms with Crippen LogP contribution in [0.4, 0.5) is 5.69 Å². The third-order valence-corrected chi connectivity index (χ3v) is 8.23. The van der Waals surface area contributed by atoms with Crippen molar-refractivity contribution in [2.75, 3.05) is 18.4 Å². The van der Waals surface area contributed by atoms with Gasteiger partial charge < -0.3 is 5.32 Å². The quantitative estimate of drug-likeness (QED) is 0.540. The van der Waals surface area contributed by atoms with Crippen LogP contribution in [-0.2, 0) is 10.0 Å². The van der Waals surface area contributed by atoms with Gasteiger partial charge in [-0.05, 0) is 55.3 Å². The van der Waals surface area contributed by atoms with Crippen LogP contribution in [0.3, 0.4) is 0 Å². The van der Waals surface area contributed by atoms with E-state index < -0.39 is 15.9 Å². The van der Waals surface area contributed by atoms with E-state index >= 15 is 0 Å². The van der Waals surface area contributed by atoms with Gasteiger partial charge in [0.15, 0.2) is 0 Å². The highest BCUT2D eigenvalue weighted by molar-refractivity contribution is 7.99. The maximum Gasteiger partial charge on any atom is 0.255 e. The molecule has 1 aliphatic rings. The molecule has 0 atom stereocenters. The standard InChI is InChI=1S/C22H21ClN4O3S2/c23-18-8-7-16(14-19(18)32(29,30)27-12-4-1-5-13-27)22(28)26-17-9-11-25-21(15-17)31-20-6-2-3-10-24-20/h2-3,6-11,14-15H,1,4-5,12-13H2,(H,25,26,28). The van der Waals surface area contributed by atoms with E-state index in [1.165, 1.54) is 34.3 Å². The number of piperidine rings is 1. The summed E-state index contributed by atoms with van der Waals surface area (Å²) in [5, 5.41) is 4.36. The third-order valence-electron chi connectivity index (χ3n) is 4.97. The molecule has 10 heteroatoms. The molecule has 7 nitrogen and oxygen atoms in total. The molecule has 0 spiro atoms. The maximum absolute atomic E-state index is 13.1. The number of rotatable bonds is 6. The number of hydrogen-bond acceptors (Lipinski definition) is 6.